The molecule has 0 spiro atoms. The average Bonchev–Trinajstić information content (AvgIpc) is 3.64. The molecule has 43 heavy (non-hydrogen) atoms. The molecule has 0 amide bonds. The highest BCUT2D eigenvalue weighted by molar-refractivity contribution is 7.26. The fourth-order valence-corrected chi connectivity index (χ4v) is 8.60. The quantitative estimate of drug-likeness (QED) is 0.199. The lowest BCUT2D eigenvalue weighted by Crippen LogP contribution is -2.09. The van der Waals surface area contributed by atoms with E-state index in [-0.39, 0.29) is 0 Å². The molecular weight excluding hydrogens is 559 g/mol. The predicted molar refractivity (Wildman–Crippen MR) is 190 cm³/mol. The molecule has 0 fully saturated rings. The van der Waals surface area contributed by atoms with Gasteiger partial charge in [-0.2, -0.15) is 0 Å². The molecule has 0 unspecified atom stereocenters. The molecule has 0 saturated carbocycles. The molecule has 2 aromatic heterocycles. The number of para-hydroxylation sites is 1. The third kappa shape index (κ3) is 4.04. The van der Waals surface area contributed by atoms with Gasteiger partial charge in [0.1, 0.15) is 0 Å². The van der Waals surface area contributed by atoms with Gasteiger partial charge >= 0.3 is 0 Å². The van der Waals surface area contributed by atoms with Gasteiger partial charge in [0.25, 0.3) is 0 Å². The zero-order valence-corrected chi connectivity index (χ0v) is 24.8. The maximum atomic E-state index is 2.38. The SMILES string of the molecule is c1ccc(N(c2ccc(-c3ccc4sc5ccc6ccccc6c5c4c3)cc2)c2ccc3sc4ccccc4c3c2)cc1. The van der Waals surface area contributed by atoms with E-state index in [1.165, 1.54) is 62.2 Å². The normalized spacial score (nSPS) is 11.7. The van der Waals surface area contributed by atoms with Crippen LogP contribution >= 0.6 is 22.7 Å². The second-order valence-corrected chi connectivity index (χ2v) is 13.1. The van der Waals surface area contributed by atoms with E-state index in [9.17, 15) is 0 Å². The van der Waals surface area contributed by atoms with Crippen LogP contribution in [-0.4, -0.2) is 0 Å². The minimum Gasteiger partial charge on any atom is -0.310 e. The first kappa shape index (κ1) is 24.6. The van der Waals surface area contributed by atoms with Crippen molar-refractivity contribution in [1.82, 2.24) is 0 Å². The Morgan fingerprint density at radius 3 is 1.84 bits per heavy atom. The van der Waals surface area contributed by atoms with E-state index < -0.39 is 0 Å². The van der Waals surface area contributed by atoms with E-state index in [1.54, 1.807) is 0 Å². The number of anilines is 3. The Labute approximate surface area is 257 Å². The lowest BCUT2D eigenvalue weighted by atomic mass is 10.00. The minimum absolute atomic E-state index is 1.14. The minimum atomic E-state index is 1.14. The average molecular weight is 584 g/mol. The first-order valence-corrected chi connectivity index (χ1v) is 16.1. The smallest absolute Gasteiger partial charge is 0.0468 e. The van der Waals surface area contributed by atoms with Crippen LogP contribution in [0, 0.1) is 0 Å². The summed E-state index contributed by atoms with van der Waals surface area (Å²) in [6.07, 6.45) is 0. The van der Waals surface area contributed by atoms with E-state index >= 15 is 0 Å². The standard InChI is InChI=1S/C40H25NS2/c1-2-9-29(10-3-1)41(31-20-23-37-34(25-31)33-12-6-7-13-36(33)42-37)30-18-14-26(15-19-30)28-17-21-38-35(24-28)40-32-11-5-4-8-27(32)16-22-39(40)43-38/h1-25H. The van der Waals surface area contributed by atoms with Crippen molar-refractivity contribution >= 4 is 90.9 Å². The summed E-state index contributed by atoms with van der Waals surface area (Å²) >= 11 is 3.74. The molecule has 0 aliphatic heterocycles. The van der Waals surface area contributed by atoms with Crippen LogP contribution in [0.25, 0.3) is 62.2 Å². The van der Waals surface area contributed by atoms with E-state index in [0.717, 1.165) is 17.1 Å². The van der Waals surface area contributed by atoms with Gasteiger partial charge in [-0.3, -0.25) is 0 Å². The molecule has 0 saturated heterocycles. The van der Waals surface area contributed by atoms with Gasteiger partial charge in [-0.1, -0.05) is 84.9 Å². The van der Waals surface area contributed by atoms with Crippen molar-refractivity contribution in [3.8, 4) is 11.1 Å². The molecule has 0 bridgehead atoms. The molecule has 0 N–H and O–H groups in total. The third-order valence-corrected chi connectivity index (χ3v) is 10.7. The number of hydrogen-bond donors (Lipinski definition) is 0. The van der Waals surface area contributed by atoms with Gasteiger partial charge in [0.15, 0.2) is 0 Å². The Bertz CT molecular complexity index is 2450. The van der Waals surface area contributed by atoms with Gasteiger partial charge in [-0.15, -0.1) is 22.7 Å². The van der Waals surface area contributed by atoms with Crippen molar-refractivity contribution in [2.45, 2.75) is 0 Å². The maximum Gasteiger partial charge on any atom is 0.0468 e. The van der Waals surface area contributed by atoms with Crippen molar-refractivity contribution < 1.29 is 0 Å². The number of rotatable bonds is 4. The Balaban J connectivity index is 1.16. The lowest BCUT2D eigenvalue weighted by Gasteiger charge is -2.26. The van der Waals surface area contributed by atoms with Crippen LogP contribution in [0.5, 0.6) is 0 Å². The first-order valence-electron chi connectivity index (χ1n) is 14.5. The predicted octanol–water partition coefficient (Wildman–Crippen LogP) is 12.7. The van der Waals surface area contributed by atoms with Gasteiger partial charge in [0.2, 0.25) is 0 Å². The maximum absolute atomic E-state index is 2.38. The summed E-state index contributed by atoms with van der Waals surface area (Å²) in [7, 11) is 0. The number of hydrogen-bond acceptors (Lipinski definition) is 3. The Morgan fingerprint density at radius 1 is 0.349 bits per heavy atom. The zero-order valence-electron chi connectivity index (χ0n) is 23.2. The molecule has 2 heterocycles. The summed E-state index contributed by atoms with van der Waals surface area (Å²) in [5, 5.41) is 7.94. The van der Waals surface area contributed by atoms with E-state index in [4.69, 9.17) is 0 Å². The Morgan fingerprint density at radius 2 is 0.953 bits per heavy atom. The highest BCUT2D eigenvalue weighted by Crippen LogP contribution is 2.42. The molecule has 0 aliphatic carbocycles. The van der Waals surface area contributed by atoms with Gasteiger partial charge < -0.3 is 4.90 Å². The van der Waals surface area contributed by atoms with Crippen LogP contribution in [0.3, 0.4) is 0 Å². The fourth-order valence-electron chi connectivity index (χ4n) is 6.41. The van der Waals surface area contributed by atoms with Crippen molar-refractivity contribution in [2.75, 3.05) is 4.90 Å². The molecule has 9 rings (SSSR count). The third-order valence-electron chi connectivity index (χ3n) is 8.45. The molecule has 3 heteroatoms. The number of fused-ring (bicyclic) bond motifs is 8. The van der Waals surface area contributed by atoms with Crippen molar-refractivity contribution in [1.29, 1.82) is 0 Å². The van der Waals surface area contributed by atoms with Crippen LogP contribution in [0.2, 0.25) is 0 Å². The van der Waals surface area contributed by atoms with Crippen LogP contribution in [0.1, 0.15) is 0 Å². The molecule has 7 aromatic carbocycles. The van der Waals surface area contributed by atoms with Crippen LogP contribution in [-0.2, 0) is 0 Å². The van der Waals surface area contributed by atoms with Crippen molar-refractivity contribution in [3.05, 3.63) is 152 Å². The summed E-state index contributed by atoms with van der Waals surface area (Å²) in [4.78, 5) is 2.36. The molecule has 0 radical (unpaired) electrons. The molecule has 202 valence electrons. The fraction of sp³-hybridized carbons (Fsp3) is 0. The van der Waals surface area contributed by atoms with E-state index in [0.29, 0.717) is 0 Å². The van der Waals surface area contributed by atoms with E-state index in [2.05, 4.69) is 157 Å². The topological polar surface area (TPSA) is 3.24 Å². The number of benzene rings is 7. The van der Waals surface area contributed by atoms with Gasteiger partial charge in [-0.25, -0.2) is 0 Å². The van der Waals surface area contributed by atoms with Crippen molar-refractivity contribution in [2.24, 2.45) is 0 Å². The molecule has 1 nitrogen and oxygen atoms in total. The number of thiophene rings is 2. The van der Waals surface area contributed by atoms with Gasteiger partial charge in [0.05, 0.1) is 0 Å². The van der Waals surface area contributed by atoms with Crippen LogP contribution in [0.15, 0.2) is 152 Å². The highest BCUT2D eigenvalue weighted by atomic mass is 32.1. The molecular formula is C40H25NS2. The van der Waals surface area contributed by atoms with Gasteiger partial charge in [0, 0.05) is 57.4 Å². The monoisotopic (exact) mass is 583 g/mol. The molecule has 9 aromatic rings. The zero-order chi connectivity index (χ0) is 28.3. The second kappa shape index (κ2) is 9.81. The summed E-state index contributed by atoms with van der Waals surface area (Å²) in [6.45, 7) is 0. The van der Waals surface area contributed by atoms with Crippen LogP contribution in [0.4, 0.5) is 17.1 Å². The summed E-state index contributed by atoms with van der Waals surface area (Å²) in [5.74, 6) is 0. The van der Waals surface area contributed by atoms with Gasteiger partial charge in [-0.05, 0) is 88.6 Å². The lowest BCUT2D eigenvalue weighted by molar-refractivity contribution is 1.29. The Hall–Kier alpha value is -4.96. The number of nitrogens with zero attached hydrogens (tertiary/aromatic N) is 1. The molecule has 0 atom stereocenters. The van der Waals surface area contributed by atoms with Crippen LogP contribution < -0.4 is 4.90 Å². The van der Waals surface area contributed by atoms with Crippen molar-refractivity contribution in [3.63, 3.8) is 0 Å². The highest BCUT2D eigenvalue weighted by Gasteiger charge is 2.15. The summed E-state index contributed by atoms with van der Waals surface area (Å²) in [5.41, 5.74) is 5.91. The second-order valence-electron chi connectivity index (χ2n) is 11.0. The summed E-state index contributed by atoms with van der Waals surface area (Å²) in [6, 6.07) is 55.4. The largest absolute Gasteiger partial charge is 0.310 e. The summed E-state index contributed by atoms with van der Waals surface area (Å²) < 4.78 is 5.32. The van der Waals surface area contributed by atoms with E-state index in [1.807, 2.05) is 22.7 Å². The molecule has 0 aliphatic rings. The Kier molecular flexibility index (Phi) is 5.62. The first-order chi connectivity index (χ1) is 21.3.